The molecule has 0 aliphatic carbocycles. The van der Waals surface area contributed by atoms with Gasteiger partial charge < -0.3 is 10.0 Å². The van der Waals surface area contributed by atoms with E-state index in [2.05, 4.69) is 0 Å². The van der Waals surface area contributed by atoms with Gasteiger partial charge in [0.1, 0.15) is 0 Å². The van der Waals surface area contributed by atoms with Crippen molar-refractivity contribution in [2.24, 2.45) is 5.92 Å². The van der Waals surface area contributed by atoms with Crippen molar-refractivity contribution in [3.05, 3.63) is 29.3 Å². The Kier molecular flexibility index (Phi) is 4.83. The topological polar surface area (TPSA) is 98.5 Å². The van der Waals surface area contributed by atoms with Crippen LogP contribution >= 0.6 is 11.8 Å². The Morgan fingerprint density at radius 2 is 2.23 bits per heavy atom. The summed E-state index contributed by atoms with van der Waals surface area (Å²) < 4.78 is 0. The van der Waals surface area contributed by atoms with Crippen molar-refractivity contribution in [2.75, 3.05) is 17.2 Å². The van der Waals surface area contributed by atoms with Crippen LogP contribution in [0.3, 0.4) is 0 Å². The van der Waals surface area contributed by atoms with Crippen LogP contribution < -0.4 is 4.90 Å². The highest BCUT2D eigenvalue weighted by Gasteiger charge is 2.32. The third-order valence-corrected chi connectivity index (χ3v) is 4.42. The van der Waals surface area contributed by atoms with E-state index in [0.29, 0.717) is 24.4 Å². The molecule has 2 rings (SSSR count). The highest BCUT2D eigenvalue weighted by Crippen LogP contribution is 2.30. The first-order valence-electron chi connectivity index (χ1n) is 6.63. The van der Waals surface area contributed by atoms with Crippen molar-refractivity contribution in [3.63, 3.8) is 0 Å². The molecule has 0 spiro atoms. The molecule has 1 aromatic rings. The number of rotatable bonds is 4. The molecule has 114 valence electrons. The third kappa shape index (κ3) is 3.46. The number of amides is 1. The lowest BCUT2D eigenvalue weighted by Crippen LogP contribution is -2.26. The summed E-state index contributed by atoms with van der Waals surface area (Å²) in [5, 5.41) is 18.1. The second-order valence-corrected chi connectivity index (χ2v) is 6.22. The Balaban J connectivity index is 2.25. The minimum Gasteiger partial charge on any atom is -0.478 e. The van der Waals surface area contributed by atoms with Gasteiger partial charge in [0.05, 0.1) is 22.9 Å². The maximum Gasteiger partial charge on any atom is 0.337 e. The molecule has 0 radical (unpaired) electrons. The van der Waals surface area contributed by atoms with Crippen molar-refractivity contribution in [3.8, 4) is 6.07 Å². The van der Waals surface area contributed by atoms with Gasteiger partial charge in [-0.15, -0.1) is 0 Å². The second kappa shape index (κ2) is 6.62. The molecule has 0 bridgehead atoms. The van der Waals surface area contributed by atoms with Crippen LogP contribution in [0.1, 0.15) is 29.3 Å². The van der Waals surface area contributed by atoms with Gasteiger partial charge in [-0.2, -0.15) is 5.26 Å². The van der Waals surface area contributed by atoms with Crippen LogP contribution in [0.25, 0.3) is 0 Å². The molecule has 0 saturated carbocycles. The number of nitriles is 1. The van der Waals surface area contributed by atoms with Crippen LogP contribution in [0.5, 0.6) is 0 Å². The lowest BCUT2D eigenvalue weighted by molar-refractivity contribution is -0.117. The molecule has 1 heterocycles. The molecule has 22 heavy (non-hydrogen) atoms. The van der Waals surface area contributed by atoms with Gasteiger partial charge in [0.15, 0.2) is 5.12 Å². The van der Waals surface area contributed by atoms with Crippen molar-refractivity contribution >= 4 is 34.4 Å². The third-order valence-electron chi connectivity index (χ3n) is 3.37. The predicted molar refractivity (Wildman–Crippen MR) is 81.7 cm³/mol. The van der Waals surface area contributed by atoms with Crippen LogP contribution in [-0.4, -0.2) is 34.4 Å². The fraction of sp³-hybridized carbons (Fsp3) is 0.333. The number of thioether (sulfide) groups is 1. The summed E-state index contributed by atoms with van der Waals surface area (Å²) >= 11 is 1.17. The number of carbonyl (C=O) groups excluding carboxylic acids is 2. The first-order valence-corrected chi connectivity index (χ1v) is 7.62. The highest BCUT2D eigenvalue weighted by atomic mass is 32.2. The van der Waals surface area contributed by atoms with Gasteiger partial charge in [0, 0.05) is 25.6 Å². The quantitative estimate of drug-likeness (QED) is 0.910. The molecule has 1 aromatic carbocycles. The maximum atomic E-state index is 12.1. The largest absolute Gasteiger partial charge is 0.478 e. The zero-order valence-corrected chi connectivity index (χ0v) is 12.7. The van der Waals surface area contributed by atoms with E-state index in [-0.39, 0.29) is 28.1 Å². The SMILES string of the molecule is CC(=O)SCC1CC(=O)N(c2ccc(C#N)cc2C(=O)O)C1. The number of carboxylic acids is 1. The zero-order chi connectivity index (χ0) is 16.3. The number of hydrogen-bond donors (Lipinski definition) is 1. The van der Waals surface area contributed by atoms with E-state index in [0.717, 1.165) is 0 Å². The van der Waals surface area contributed by atoms with E-state index in [1.807, 2.05) is 6.07 Å². The molecule has 0 aromatic heterocycles. The Morgan fingerprint density at radius 1 is 1.50 bits per heavy atom. The zero-order valence-electron chi connectivity index (χ0n) is 11.9. The summed E-state index contributed by atoms with van der Waals surface area (Å²) in [6.45, 7) is 1.85. The summed E-state index contributed by atoms with van der Waals surface area (Å²) in [4.78, 5) is 35.9. The Morgan fingerprint density at radius 3 is 2.82 bits per heavy atom. The van der Waals surface area contributed by atoms with Crippen LogP contribution in [0.4, 0.5) is 5.69 Å². The normalized spacial score (nSPS) is 17.4. The average molecular weight is 318 g/mol. The summed E-state index contributed by atoms with van der Waals surface area (Å²) in [7, 11) is 0. The maximum absolute atomic E-state index is 12.1. The van der Waals surface area contributed by atoms with E-state index in [1.165, 1.54) is 41.8 Å². The number of carboxylic acid groups (broad SMARTS) is 1. The highest BCUT2D eigenvalue weighted by molar-refractivity contribution is 8.13. The van der Waals surface area contributed by atoms with Crippen molar-refractivity contribution < 1.29 is 19.5 Å². The van der Waals surface area contributed by atoms with E-state index in [4.69, 9.17) is 5.26 Å². The molecule has 1 unspecified atom stereocenters. The molecule has 1 aliphatic rings. The van der Waals surface area contributed by atoms with Gasteiger partial charge in [0.2, 0.25) is 5.91 Å². The summed E-state index contributed by atoms with van der Waals surface area (Å²) in [6, 6.07) is 6.13. The number of nitrogens with zero attached hydrogens (tertiary/aromatic N) is 2. The molecule has 6 nitrogen and oxygen atoms in total. The summed E-state index contributed by atoms with van der Waals surface area (Å²) in [5.74, 6) is -0.794. The number of benzene rings is 1. The van der Waals surface area contributed by atoms with E-state index in [1.54, 1.807) is 0 Å². The Labute approximate surface area is 131 Å². The predicted octanol–water partition coefficient (Wildman–Crippen LogP) is 1.89. The fourth-order valence-electron chi connectivity index (χ4n) is 2.37. The Bertz CT molecular complexity index is 681. The second-order valence-electron chi connectivity index (χ2n) is 5.03. The summed E-state index contributed by atoms with van der Waals surface area (Å²) in [5.41, 5.74) is 0.468. The number of aromatic carboxylic acids is 1. The van der Waals surface area contributed by atoms with Crippen LogP contribution in [0, 0.1) is 17.2 Å². The first-order chi connectivity index (χ1) is 10.4. The molecule has 7 heteroatoms. The molecule has 1 aliphatic heterocycles. The standard InChI is InChI=1S/C15H14N2O4S/c1-9(18)22-8-11-5-14(19)17(7-11)13-3-2-10(6-16)4-12(13)15(20)21/h2-4,11H,5,7-8H2,1H3,(H,20,21). The monoisotopic (exact) mass is 318 g/mol. The van der Waals surface area contributed by atoms with E-state index in [9.17, 15) is 19.5 Å². The molecule has 1 saturated heterocycles. The molecule has 1 atom stereocenters. The smallest absolute Gasteiger partial charge is 0.337 e. The average Bonchev–Trinajstić information content (AvgIpc) is 2.85. The molecule has 1 fully saturated rings. The molecular formula is C15H14N2O4S. The first kappa shape index (κ1) is 16.0. The van der Waals surface area contributed by atoms with Crippen molar-refractivity contribution in [1.82, 2.24) is 0 Å². The van der Waals surface area contributed by atoms with Gasteiger partial charge >= 0.3 is 5.97 Å². The minimum atomic E-state index is -1.18. The number of anilines is 1. The van der Waals surface area contributed by atoms with Crippen molar-refractivity contribution in [1.29, 1.82) is 5.26 Å². The van der Waals surface area contributed by atoms with E-state index < -0.39 is 5.97 Å². The minimum absolute atomic E-state index is 0.00417. The van der Waals surface area contributed by atoms with Gasteiger partial charge in [0.25, 0.3) is 0 Å². The lowest BCUT2D eigenvalue weighted by atomic mass is 10.1. The van der Waals surface area contributed by atoms with Crippen molar-refractivity contribution in [2.45, 2.75) is 13.3 Å². The number of carbonyl (C=O) groups is 3. The lowest BCUT2D eigenvalue weighted by Gasteiger charge is -2.19. The van der Waals surface area contributed by atoms with Gasteiger partial charge in [-0.3, -0.25) is 9.59 Å². The van der Waals surface area contributed by atoms with Crippen LogP contribution in [0.15, 0.2) is 18.2 Å². The van der Waals surface area contributed by atoms with Gasteiger partial charge in [-0.05, 0) is 24.1 Å². The fourth-order valence-corrected chi connectivity index (χ4v) is 3.07. The van der Waals surface area contributed by atoms with Crippen LogP contribution in [-0.2, 0) is 9.59 Å². The van der Waals surface area contributed by atoms with Gasteiger partial charge in [-0.25, -0.2) is 4.79 Å². The Hall–Kier alpha value is -2.33. The van der Waals surface area contributed by atoms with Gasteiger partial charge in [-0.1, -0.05) is 11.8 Å². The molecule has 1 N–H and O–H groups in total. The van der Waals surface area contributed by atoms with E-state index >= 15 is 0 Å². The summed E-state index contributed by atoms with van der Waals surface area (Å²) in [6.07, 6.45) is 0.291. The van der Waals surface area contributed by atoms with Crippen LogP contribution in [0.2, 0.25) is 0 Å². The molecular weight excluding hydrogens is 304 g/mol. The number of hydrogen-bond acceptors (Lipinski definition) is 5. The molecule has 1 amide bonds.